The maximum absolute atomic E-state index is 13.0. The second kappa shape index (κ2) is 14.1. The Morgan fingerprint density at radius 2 is 0.852 bits per heavy atom. The molecule has 15 nitrogen and oxygen atoms in total. The molecule has 17 heteroatoms. The van der Waals surface area contributed by atoms with Gasteiger partial charge in [0.2, 0.25) is 0 Å². The van der Waals surface area contributed by atoms with E-state index in [9.17, 15) is 50.5 Å². The number of urea groups is 1. The molecule has 0 unspecified atom stereocenters. The molecule has 0 saturated heterocycles. The molecule has 6 aromatic rings. The Morgan fingerprint density at radius 3 is 1.20 bits per heavy atom. The van der Waals surface area contributed by atoms with Crippen molar-refractivity contribution in [1.29, 1.82) is 0 Å². The minimum Gasteiger partial charge on any atom is -0.505 e. The van der Waals surface area contributed by atoms with Crippen LogP contribution in [0.15, 0.2) is 107 Å². The normalized spacial score (nSPS) is 11.6. The fourth-order valence-corrected chi connectivity index (χ4v) is 6.69. The predicted octanol–water partition coefficient (Wildman–Crippen LogP) is 6.66. The molecule has 0 spiro atoms. The number of nitrogens with one attached hydrogen (secondary N) is 4. The maximum Gasteiger partial charge on any atom is 0.323 e. The minimum atomic E-state index is -4.45. The van der Waals surface area contributed by atoms with Gasteiger partial charge in [-0.25, -0.2) is 4.79 Å². The van der Waals surface area contributed by atoms with Crippen molar-refractivity contribution in [1.82, 2.24) is 0 Å². The Balaban J connectivity index is 1.08. The maximum atomic E-state index is 13.0. The Hall–Kier alpha value is -6.53. The van der Waals surface area contributed by atoms with E-state index in [4.69, 9.17) is 0 Å². The Labute approximate surface area is 307 Å². The molecular formula is C37H30N4O11S2. The molecule has 0 fully saturated rings. The number of fused-ring (bicyclic) bond motifs is 2. The van der Waals surface area contributed by atoms with Crippen molar-refractivity contribution in [3.05, 3.63) is 119 Å². The molecule has 0 saturated carbocycles. The van der Waals surface area contributed by atoms with Crippen molar-refractivity contribution in [2.75, 3.05) is 21.3 Å². The molecule has 8 N–H and O–H groups in total. The summed E-state index contributed by atoms with van der Waals surface area (Å²) in [7, 11) is -8.89. The molecule has 276 valence electrons. The van der Waals surface area contributed by atoms with Crippen LogP contribution < -0.4 is 21.3 Å². The number of carbonyl (C=O) groups excluding carboxylic acids is 3. The molecule has 54 heavy (non-hydrogen) atoms. The summed E-state index contributed by atoms with van der Waals surface area (Å²) in [4.78, 5) is 38.3. The number of hydrogen-bond acceptors (Lipinski definition) is 9. The van der Waals surface area contributed by atoms with Gasteiger partial charge in [0.05, 0.1) is 21.2 Å². The number of aryl methyl sites for hydroxylation is 2. The monoisotopic (exact) mass is 770 g/mol. The predicted molar refractivity (Wildman–Crippen MR) is 202 cm³/mol. The number of phenols is 2. The van der Waals surface area contributed by atoms with E-state index in [-0.39, 0.29) is 54.6 Å². The zero-order valence-electron chi connectivity index (χ0n) is 28.2. The number of hydrogen-bond donors (Lipinski definition) is 8. The van der Waals surface area contributed by atoms with Crippen molar-refractivity contribution in [3.8, 4) is 11.5 Å². The lowest BCUT2D eigenvalue weighted by molar-refractivity contribution is 0.101. The van der Waals surface area contributed by atoms with E-state index in [2.05, 4.69) is 21.3 Å². The van der Waals surface area contributed by atoms with Gasteiger partial charge in [0.1, 0.15) is 11.5 Å². The molecule has 0 heterocycles. The summed E-state index contributed by atoms with van der Waals surface area (Å²) in [5.41, 5.74) is 2.43. The lowest BCUT2D eigenvalue weighted by Crippen LogP contribution is -2.21. The van der Waals surface area contributed by atoms with Crippen molar-refractivity contribution < 1.29 is 50.5 Å². The highest BCUT2D eigenvalue weighted by Crippen LogP contribution is 2.36. The first-order valence-electron chi connectivity index (χ1n) is 15.8. The molecule has 0 atom stereocenters. The number of amides is 4. The van der Waals surface area contributed by atoms with Crippen LogP contribution in [0.5, 0.6) is 11.5 Å². The van der Waals surface area contributed by atoms with Crippen LogP contribution >= 0.6 is 0 Å². The van der Waals surface area contributed by atoms with Gasteiger partial charge in [0.25, 0.3) is 32.1 Å². The Bertz CT molecular complexity index is 2600. The van der Waals surface area contributed by atoms with Crippen LogP contribution in [0.4, 0.5) is 27.5 Å². The third-order valence-electron chi connectivity index (χ3n) is 8.49. The zero-order chi connectivity index (χ0) is 39.1. The van der Waals surface area contributed by atoms with Gasteiger partial charge in [-0.2, -0.15) is 16.8 Å². The zero-order valence-corrected chi connectivity index (χ0v) is 29.8. The third-order valence-corrected chi connectivity index (χ3v) is 10.2. The van der Waals surface area contributed by atoms with E-state index < -0.39 is 38.1 Å². The summed E-state index contributed by atoms with van der Waals surface area (Å²) in [5, 5.41) is 33.2. The van der Waals surface area contributed by atoms with E-state index in [0.29, 0.717) is 33.3 Å². The lowest BCUT2D eigenvalue weighted by atomic mass is 10.1. The molecule has 0 bridgehead atoms. The largest absolute Gasteiger partial charge is 0.505 e. The number of rotatable bonds is 8. The summed E-state index contributed by atoms with van der Waals surface area (Å²) in [6.45, 7) is 3.35. The van der Waals surface area contributed by atoms with E-state index in [0.717, 1.165) is 12.1 Å². The van der Waals surface area contributed by atoms with Crippen LogP contribution in [0.3, 0.4) is 0 Å². The Kier molecular flexibility index (Phi) is 9.74. The standard InChI is InChI=1S/C37H30N4O11S2/c1-19-15-23(35(44)38-31-13-3-21-17-25(53(47,48)49)7-9-27(21)33(31)42)5-11-29(19)40-37(46)41-30-12-6-24(16-20(30)2)36(45)39-32-14-4-22-18-26(54(50,51)52)8-10-28(22)34(32)43/h3-18,42-43H,1-2H3,(H,38,44)(H,39,45)(H2,40,41,46)(H,47,48,49)(H,50,51,52). The quantitative estimate of drug-likeness (QED) is 0.0600. The molecule has 0 aliphatic rings. The molecule has 0 radical (unpaired) electrons. The molecule has 4 amide bonds. The van der Waals surface area contributed by atoms with Gasteiger partial charge in [-0.05, 0) is 121 Å². The van der Waals surface area contributed by atoms with E-state index in [1.54, 1.807) is 13.8 Å². The highest BCUT2D eigenvalue weighted by molar-refractivity contribution is 7.86. The van der Waals surface area contributed by atoms with Crippen LogP contribution in [0, 0.1) is 13.8 Å². The molecule has 6 aromatic carbocycles. The fourth-order valence-electron chi connectivity index (χ4n) is 5.66. The topological polar surface area (TPSA) is 249 Å². The number of phenolic OH excluding ortho intramolecular Hbond substituents is 2. The highest BCUT2D eigenvalue weighted by atomic mass is 32.2. The van der Waals surface area contributed by atoms with E-state index in [1.165, 1.54) is 84.9 Å². The fraction of sp³-hybridized carbons (Fsp3) is 0.0541. The summed E-state index contributed by atoms with van der Waals surface area (Å²) < 4.78 is 64.4. The first kappa shape index (κ1) is 37.2. The molecular weight excluding hydrogens is 741 g/mol. The van der Waals surface area contributed by atoms with Crippen LogP contribution in [-0.2, 0) is 20.2 Å². The smallest absolute Gasteiger partial charge is 0.323 e. The van der Waals surface area contributed by atoms with E-state index >= 15 is 0 Å². The van der Waals surface area contributed by atoms with Crippen molar-refractivity contribution in [2.24, 2.45) is 0 Å². The van der Waals surface area contributed by atoms with E-state index in [1.807, 2.05) is 0 Å². The van der Waals surface area contributed by atoms with Gasteiger partial charge in [-0.3, -0.25) is 18.7 Å². The van der Waals surface area contributed by atoms with Gasteiger partial charge >= 0.3 is 6.03 Å². The third kappa shape index (κ3) is 7.79. The molecule has 0 aliphatic heterocycles. The van der Waals surface area contributed by atoms with Gasteiger partial charge < -0.3 is 31.5 Å². The number of benzene rings is 6. The summed E-state index contributed by atoms with van der Waals surface area (Å²) in [5.74, 6) is -1.74. The minimum absolute atomic E-state index is 0.0659. The average Bonchev–Trinajstić information content (AvgIpc) is 3.11. The second-order valence-corrected chi connectivity index (χ2v) is 15.0. The van der Waals surface area contributed by atoms with Crippen molar-refractivity contribution in [2.45, 2.75) is 23.6 Å². The van der Waals surface area contributed by atoms with Gasteiger partial charge in [-0.1, -0.05) is 12.1 Å². The first-order valence-corrected chi connectivity index (χ1v) is 18.7. The average molecular weight is 771 g/mol. The van der Waals surface area contributed by atoms with Gasteiger partial charge in [0.15, 0.2) is 0 Å². The van der Waals surface area contributed by atoms with Crippen molar-refractivity contribution in [3.63, 3.8) is 0 Å². The van der Waals surface area contributed by atoms with Crippen molar-refractivity contribution >= 4 is 82.4 Å². The first-order chi connectivity index (χ1) is 25.4. The highest BCUT2D eigenvalue weighted by Gasteiger charge is 2.18. The molecule has 6 rings (SSSR count). The van der Waals surface area contributed by atoms with Gasteiger partial charge in [0, 0.05) is 33.3 Å². The summed E-state index contributed by atoms with van der Waals surface area (Å²) >= 11 is 0. The lowest BCUT2D eigenvalue weighted by Gasteiger charge is -2.14. The van der Waals surface area contributed by atoms with Crippen LogP contribution in [-0.4, -0.2) is 54.0 Å². The number of aromatic hydroxyl groups is 2. The van der Waals surface area contributed by atoms with Crippen LogP contribution in [0.1, 0.15) is 31.8 Å². The summed E-state index contributed by atoms with van der Waals surface area (Å²) in [6.07, 6.45) is 0. The number of anilines is 4. The molecule has 0 aromatic heterocycles. The molecule has 0 aliphatic carbocycles. The SMILES string of the molecule is Cc1cc(C(=O)Nc2ccc3cc(S(=O)(=O)O)ccc3c2O)ccc1NC(=O)Nc1ccc(C(=O)Nc2ccc3cc(S(=O)(=O)O)ccc3c2O)cc1C. The number of carbonyl (C=O) groups is 3. The van der Waals surface area contributed by atoms with Crippen LogP contribution in [0.2, 0.25) is 0 Å². The van der Waals surface area contributed by atoms with Gasteiger partial charge in [-0.15, -0.1) is 0 Å². The Morgan fingerprint density at radius 1 is 0.481 bits per heavy atom. The second-order valence-electron chi connectivity index (χ2n) is 12.2. The van der Waals surface area contributed by atoms with Crippen LogP contribution in [0.25, 0.3) is 21.5 Å². The summed E-state index contributed by atoms with van der Waals surface area (Å²) in [6, 6.07) is 21.4.